The summed E-state index contributed by atoms with van der Waals surface area (Å²) >= 11 is 0. The fourth-order valence-electron chi connectivity index (χ4n) is 3.12. The molecule has 108 valence electrons. The van der Waals surface area contributed by atoms with Crippen LogP contribution in [0.5, 0.6) is 0 Å². The maximum absolute atomic E-state index is 11.8. The van der Waals surface area contributed by atoms with Crippen molar-refractivity contribution in [2.45, 2.75) is 31.3 Å². The number of benzene rings is 2. The van der Waals surface area contributed by atoms with Gasteiger partial charge in [-0.2, -0.15) is 0 Å². The molecule has 0 radical (unpaired) electrons. The van der Waals surface area contributed by atoms with E-state index in [0.717, 1.165) is 6.42 Å². The Kier molecular flexibility index (Phi) is 4.16. The summed E-state index contributed by atoms with van der Waals surface area (Å²) < 4.78 is 5.96. The van der Waals surface area contributed by atoms with Crippen LogP contribution in [0.3, 0.4) is 0 Å². The molecule has 2 aromatic carbocycles. The van der Waals surface area contributed by atoms with Crippen LogP contribution in [0.15, 0.2) is 60.7 Å². The molecule has 0 heterocycles. The van der Waals surface area contributed by atoms with Crippen molar-refractivity contribution in [1.82, 2.24) is 0 Å². The topological polar surface area (TPSA) is 26.3 Å². The molecule has 1 aliphatic rings. The fourth-order valence-corrected chi connectivity index (χ4v) is 3.12. The Balaban J connectivity index is 1.71. The predicted octanol–water partition coefficient (Wildman–Crippen LogP) is 3.89. The highest BCUT2D eigenvalue weighted by Gasteiger charge is 2.40. The van der Waals surface area contributed by atoms with E-state index in [-0.39, 0.29) is 5.41 Å². The van der Waals surface area contributed by atoms with E-state index in [4.69, 9.17) is 4.74 Å². The Bertz CT molecular complexity index is 591. The van der Waals surface area contributed by atoms with Gasteiger partial charge >= 0.3 is 0 Å². The molecule has 0 aliphatic heterocycles. The largest absolute Gasteiger partial charge is 0.376 e. The van der Waals surface area contributed by atoms with E-state index in [2.05, 4.69) is 24.3 Å². The third kappa shape index (κ3) is 3.22. The lowest BCUT2D eigenvalue weighted by Gasteiger charge is -2.28. The smallest absolute Gasteiger partial charge is 0.133 e. The van der Waals surface area contributed by atoms with Crippen LogP contribution in [0.1, 0.15) is 30.4 Å². The van der Waals surface area contributed by atoms with Gasteiger partial charge in [0.2, 0.25) is 0 Å². The van der Waals surface area contributed by atoms with E-state index in [1.54, 1.807) is 0 Å². The van der Waals surface area contributed by atoms with Gasteiger partial charge in [0.15, 0.2) is 0 Å². The lowest BCUT2D eigenvalue weighted by atomic mass is 9.79. The van der Waals surface area contributed by atoms with E-state index in [9.17, 15) is 4.79 Å². The van der Waals surface area contributed by atoms with Crippen LogP contribution in [0, 0.1) is 0 Å². The second-order valence-electron chi connectivity index (χ2n) is 5.84. The second-order valence-corrected chi connectivity index (χ2v) is 5.84. The van der Waals surface area contributed by atoms with Crippen molar-refractivity contribution < 1.29 is 9.53 Å². The van der Waals surface area contributed by atoms with Crippen molar-refractivity contribution in [3.8, 4) is 0 Å². The van der Waals surface area contributed by atoms with E-state index >= 15 is 0 Å². The van der Waals surface area contributed by atoms with Crippen molar-refractivity contribution in [2.24, 2.45) is 0 Å². The zero-order chi connectivity index (χ0) is 14.5. The minimum atomic E-state index is -0.132. The summed E-state index contributed by atoms with van der Waals surface area (Å²) in [5.74, 6) is 0.349. The summed E-state index contributed by atoms with van der Waals surface area (Å²) in [6, 6.07) is 20.5. The molecule has 0 saturated heterocycles. The summed E-state index contributed by atoms with van der Waals surface area (Å²) in [4.78, 5) is 11.8. The lowest BCUT2D eigenvalue weighted by molar-refractivity contribution is -0.117. The van der Waals surface area contributed by atoms with Gasteiger partial charge in [0.05, 0.1) is 13.2 Å². The van der Waals surface area contributed by atoms with Crippen molar-refractivity contribution in [3.63, 3.8) is 0 Å². The minimum Gasteiger partial charge on any atom is -0.376 e. The number of Topliss-reactive ketones (excluding diaryl/α,β-unsaturated/α-hetero) is 1. The first kappa shape index (κ1) is 14.0. The molecule has 0 amide bonds. The lowest BCUT2D eigenvalue weighted by Crippen LogP contribution is -2.29. The molecule has 21 heavy (non-hydrogen) atoms. The predicted molar refractivity (Wildman–Crippen MR) is 83.1 cm³/mol. The van der Waals surface area contributed by atoms with E-state index in [1.165, 1.54) is 11.1 Å². The molecule has 3 rings (SSSR count). The molecule has 2 nitrogen and oxygen atoms in total. The Morgan fingerprint density at radius 2 is 1.62 bits per heavy atom. The minimum absolute atomic E-state index is 0.132. The van der Waals surface area contributed by atoms with Crippen molar-refractivity contribution >= 4 is 5.78 Å². The maximum atomic E-state index is 11.8. The monoisotopic (exact) mass is 280 g/mol. The van der Waals surface area contributed by atoms with Crippen LogP contribution in [0.25, 0.3) is 0 Å². The first-order chi connectivity index (χ1) is 10.3. The summed E-state index contributed by atoms with van der Waals surface area (Å²) in [6.45, 7) is 1.21. The van der Waals surface area contributed by atoms with Crippen LogP contribution in [0.4, 0.5) is 0 Å². The molecule has 0 bridgehead atoms. The van der Waals surface area contributed by atoms with Gasteiger partial charge in [0.1, 0.15) is 5.78 Å². The molecule has 0 spiro atoms. The van der Waals surface area contributed by atoms with Gasteiger partial charge in [0, 0.05) is 18.3 Å². The normalized spacial score (nSPS) is 21.6. The fraction of sp³-hybridized carbons (Fsp3) is 0.316. The zero-order valence-corrected chi connectivity index (χ0v) is 12.1. The molecule has 2 heteroatoms. The number of hydrogen-bond acceptors (Lipinski definition) is 2. The summed E-state index contributed by atoms with van der Waals surface area (Å²) in [7, 11) is 0. The SMILES string of the molecule is O=C1CCC(COCc2ccccc2)(c2ccccc2)C1. The summed E-state index contributed by atoms with van der Waals surface area (Å²) in [5, 5.41) is 0. The van der Waals surface area contributed by atoms with Gasteiger partial charge in [-0.15, -0.1) is 0 Å². The standard InChI is InChI=1S/C19H20O2/c20-18-11-12-19(13-18,17-9-5-2-6-10-17)15-21-14-16-7-3-1-4-8-16/h1-10H,11-15H2. The van der Waals surface area contributed by atoms with Gasteiger partial charge in [-0.3, -0.25) is 4.79 Å². The average molecular weight is 280 g/mol. The van der Waals surface area contributed by atoms with Gasteiger partial charge < -0.3 is 4.74 Å². The third-order valence-electron chi connectivity index (χ3n) is 4.29. The molecule has 1 aliphatic carbocycles. The second kappa shape index (κ2) is 6.23. The average Bonchev–Trinajstić information content (AvgIpc) is 2.92. The van der Waals surface area contributed by atoms with E-state index in [1.807, 2.05) is 36.4 Å². The molecule has 1 unspecified atom stereocenters. The molecule has 1 fully saturated rings. The van der Waals surface area contributed by atoms with Crippen LogP contribution in [-0.2, 0) is 21.6 Å². The summed E-state index contributed by atoms with van der Waals surface area (Å²) in [6.07, 6.45) is 2.17. The zero-order valence-electron chi connectivity index (χ0n) is 12.1. The highest BCUT2D eigenvalue weighted by molar-refractivity contribution is 5.82. The molecule has 1 saturated carbocycles. The number of carbonyl (C=O) groups excluding carboxylic acids is 1. The van der Waals surface area contributed by atoms with Gasteiger partial charge in [0.25, 0.3) is 0 Å². The first-order valence-corrected chi connectivity index (χ1v) is 7.47. The quantitative estimate of drug-likeness (QED) is 0.830. The van der Waals surface area contributed by atoms with Crippen LogP contribution in [-0.4, -0.2) is 12.4 Å². The van der Waals surface area contributed by atoms with Gasteiger partial charge in [-0.1, -0.05) is 60.7 Å². The molecule has 1 atom stereocenters. The Morgan fingerprint density at radius 1 is 0.952 bits per heavy atom. The Morgan fingerprint density at radius 3 is 2.24 bits per heavy atom. The van der Waals surface area contributed by atoms with Crippen LogP contribution >= 0.6 is 0 Å². The molecular weight excluding hydrogens is 260 g/mol. The molecule has 2 aromatic rings. The molecule has 0 aromatic heterocycles. The van der Waals surface area contributed by atoms with E-state index < -0.39 is 0 Å². The third-order valence-corrected chi connectivity index (χ3v) is 4.29. The number of rotatable bonds is 5. The van der Waals surface area contributed by atoms with Crippen molar-refractivity contribution in [1.29, 1.82) is 0 Å². The Hall–Kier alpha value is -1.93. The van der Waals surface area contributed by atoms with Gasteiger partial charge in [-0.25, -0.2) is 0 Å². The number of hydrogen-bond donors (Lipinski definition) is 0. The maximum Gasteiger partial charge on any atom is 0.133 e. The Labute approximate surface area is 125 Å². The molecular formula is C19H20O2. The number of ether oxygens (including phenoxy) is 1. The van der Waals surface area contributed by atoms with E-state index in [0.29, 0.717) is 31.8 Å². The van der Waals surface area contributed by atoms with Crippen LogP contribution in [0.2, 0.25) is 0 Å². The number of carbonyl (C=O) groups is 1. The van der Waals surface area contributed by atoms with Gasteiger partial charge in [-0.05, 0) is 17.5 Å². The van der Waals surface area contributed by atoms with Crippen molar-refractivity contribution in [2.75, 3.05) is 6.61 Å². The van der Waals surface area contributed by atoms with Crippen molar-refractivity contribution in [3.05, 3.63) is 71.8 Å². The molecule has 0 N–H and O–H groups in total. The summed E-state index contributed by atoms with van der Waals surface area (Å²) in [5.41, 5.74) is 2.27. The highest BCUT2D eigenvalue weighted by atomic mass is 16.5. The highest BCUT2D eigenvalue weighted by Crippen LogP contribution is 2.39. The first-order valence-electron chi connectivity index (χ1n) is 7.47. The van der Waals surface area contributed by atoms with Crippen LogP contribution < -0.4 is 0 Å². The number of ketones is 1.